The molecule has 43 heavy (non-hydrogen) atoms. The van der Waals surface area contributed by atoms with Gasteiger partial charge in [-0.1, -0.05) is 36.4 Å². The number of furan rings is 1. The third-order valence-electron chi connectivity index (χ3n) is 7.06. The van der Waals surface area contributed by atoms with E-state index in [1.807, 2.05) is 48.1 Å². The Labute approximate surface area is 243 Å². The summed E-state index contributed by atoms with van der Waals surface area (Å²) in [7, 11) is 0. The van der Waals surface area contributed by atoms with Crippen LogP contribution >= 0.6 is 0 Å². The molecule has 5 nitrogen and oxygen atoms in total. The van der Waals surface area contributed by atoms with E-state index in [0.717, 1.165) is 40.8 Å². The maximum atomic E-state index is 14.2. The molecule has 1 aromatic heterocycles. The fourth-order valence-corrected chi connectivity index (χ4v) is 4.81. The number of nitrogens with zero attached hydrogens (tertiary/aromatic N) is 3. The number of rotatable bonds is 8. The summed E-state index contributed by atoms with van der Waals surface area (Å²) in [6, 6.07) is 21.6. The van der Waals surface area contributed by atoms with Crippen LogP contribution in [0, 0.1) is 18.6 Å². The molecule has 2 aliphatic rings. The van der Waals surface area contributed by atoms with Crippen molar-refractivity contribution in [1.82, 2.24) is 14.5 Å². The molecule has 0 fully saturated rings. The molecule has 0 saturated heterocycles. The van der Waals surface area contributed by atoms with Gasteiger partial charge in [-0.25, -0.2) is 18.7 Å². The lowest BCUT2D eigenvalue weighted by Crippen LogP contribution is -2.02. The molecule has 0 bridgehead atoms. The summed E-state index contributed by atoms with van der Waals surface area (Å²) >= 11 is 0. The van der Waals surface area contributed by atoms with Crippen LogP contribution < -0.4 is 4.74 Å². The summed E-state index contributed by atoms with van der Waals surface area (Å²) < 4.78 is 78.5. The highest BCUT2D eigenvalue weighted by Crippen LogP contribution is 2.32. The van der Waals surface area contributed by atoms with Gasteiger partial charge in [0.15, 0.2) is 17.5 Å². The van der Waals surface area contributed by atoms with Crippen LogP contribution in [-0.2, 0) is 25.7 Å². The van der Waals surface area contributed by atoms with Crippen LogP contribution in [0.1, 0.15) is 22.6 Å². The quantitative estimate of drug-likeness (QED) is 0.167. The van der Waals surface area contributed by atoms with Gasteiger partial charge < -0.3 is 13.7 Å². The van der Waals surface area contributed by atoms with Crippen molar-refractivity contribution in [2.24, 2.45) is 0 Å². The van der Waals surface area contributed by atoms with Crippen molar-refractivity contribution in [1.29, 1.82) is 0 Å². The average Bonchev–Trinajstić information content (AvgIpc) is 3.64. The van der Waals surface area contributed by atoms with E-state index >= 15 is 0 Å². The zero-order valence-corrected chi connectivity index (χ0v) is 22.8. The molecule has 2 aliphatic heterocycles. The van der Waals surface area contributed by atoms with Gasteiger partial charge in [-0.2, -0.15) is 13.2 Å². The first-order valence-electron chi connectivity index (χ1n) is 13.4. The number of fused-ring (bicyclic) bond motifs is 1. The highest BCUT2D eigenvalue weighted by Gasteiger charge is 2.34. The minimum Gasteiger partial charge on any atom is -0.486 e. The van der Waals surface area contributed by atoms with E-state index in [4.69, 9.17) is 9.15 Å². The minimum absolute atomic E-state index is 0.0251. The van der Waals surface area contributed by atoms with Gasteiger partial charge in [-0.3, -0.25) is 0 Å². The molecule has 4 aromatic rings. The monoisotopic (exact) mass is 589 g/mol. The smallest absolute Gasteiger partial charge is 0.449 e. The van der Waals surface area contributed by atoms with Gasteiger partial charge in [0.05, 0.1) is 11.3 Å². The number of pyridine rings is 1. The normalized spacial score (nSPS) is 11.8. The molecule has 0 spiro atoms. The van der Waals surface area contributed by atoms with Crippen LogP contribution in [0.5, 0.6) is 5.75 Å². The minimum atomic E-state index is -4.53. The Hall–Kier alpha value is -4.99. The Morgan fingerprint density at radius 3 is 2.40 bits per heavy atom. The van der Waals surface area contributed by atoms with E-state index in [2.05, 4.69) is 22.1 Å². The highest BCUT2D eigenvalue weighted by atomic mass is 19.4. The second-order valence-electron chi connectivity index (χ2n) is 10.1. The molecular weight excluding hydrogens is 565 g/mol. The van der Waals surface area contributed by atoms with E-state index < -0.39 is 23.6 Å². The van der Waals surface area contributed by atoms with Gasteiger partial charge in [0.2, 0.25) is 5.76 Å². The lowest BCUT2D eigenvalue weighted by Gasteiger charge is -2.11. The third kappa shape index (κ3) is 6.13. The summed E-state index contributed by atoms with van der Waals surface area (Å²) in [4.78, 5) is 8.75. The van der Waals surface area contributed by atoms with Gasteiger partial charge in [-0.05, 0) is 78.1 Å². The van der Waals surface area contributed by atoms with Crippen molar-refractivity contribution >= 4 is 0 Å². The predicted molar refractivity (Wildman–Crippen MR) is 150 cm³/mol. The SMILES string of the molecule is Cc1cc(OCc2ccc(C(F)(F)F)o2)ccc1-c1ccc(CCn2ccc3nc(-c4cccc(F)c4F)nc-3c2)cc1. The number of alkyl halides is 3. The Morgan fingerprint density at radius 1 is 0.860 bits per heavy atom. The second-order valence-corrected chi connectivity index (χ2v) is 10.1. The largest absolute Gasteiger partial charge is 0.486 e. The molecule has 218 valence electrons. The summed E-state index contributed by atoms with van der Waals surface area (Å²) in [6.45, 7) is 2.51. The maximum Gasteiger partial charge on any atom is 0.449 e. The van der Waals surface area contributed by atoms with E-state index in [-0.39, 0.29) is 23.8 Å². The highest BCUT2D eigenvalue weighted by molar-refractivity contribution is 5.68. The van der Waals surface area contributed by atoms with Crippen LogP contribution in [0.15, 0.2) is 95.7 Å². The van der Waals surface area contributed by atoms with Gasteiger partial charge in [0, 0.05) is 18.9 Å². The molecule has 3 heterocycles. The summed E-state index contributed by atoms with van der Waals surface area (Å²) in [5.74, 6) is -2.19. The number of hydrogen-bond donors (Lipinski definition) is 0. The number of aryl methyl sites for hydroxylation is 3. The zero-order chi connectivity index (χ0) is 30.1. The molecule has 6 rings (SSSR count). The number of hydrogen-bond acceptors (Lipinski definition) is 4. The van der Waals surface area contributed by atoms with Gasteiger partial charge in [0.1, 0.15) is 23.8 Å². The number of ether oxygens (including phenoxy) is 1. The van der Waals surface area contributed by atoms with Gasteiger partial charge in [0.25, 0.3) is 0 Å². The van der Waals surface area contributed by atoms with Crippen LogP contribution in [0.3, 0.4) is 0 Å². The second kappa shape index (κ2) is 11.4. The van der Waals surface area contributed by atoms with Crippen LogP contribution in [0.4, 0.5) is 22.0 Å². The summed E-state index contributed by atoms with van der Waals surface area (Å²) in [5.41, 5.74) is 5.33. The van der Waals surface area contributed by atoms with E-state index in [0.29, 0.717) is 23.7 Å². The Balaban J connectivity index is 1.08. The average molecular weight is 590 g/mol. The van der Waals surface area contributed by atoms with E-state index in [1.54, 1.807) is 12.1 Å². The first kappa shape index (κ1) is 28.1. The number of halogens is 5. The van der Waals surface area contributed by atoms with E-state index in [9.17, 15) is 22.0 Å². The standard InChI is InChI=1S/C33H24F5N3O2/c1-20-17-23(42-19-24-10-12-30(43-24)33(36,37)38)9-11-25(20)22-7-5-21(6-8-22)13-15-41-16-14-28-29(18-41)40-32(39-28)26-3-2-4-27(34)31(26)35/h2-12,14,16-18H,13,15,19H2,1H3. The van der Waals surface area contributed by atoms with Crippen LogP contribution in [-0.4, -0.2) is 14.5 Å². The fourth-order valence-electron chi connectivity index (χ4n) is 4.81. The summed E-state index contributed by atoms with van der Waals surface area (Å²) in [6.07, 6.45) is -0.0565. The lowest BCUT2D eigenvalue weighted by atomic mass is 9.98. The molecule has 0 aliphatic carbocycles. The molecule has 0 N–H and O–H groups in total. The molecule has 10 heteroatoms. The molecule has 0 atom stereocenters. The van der Waals surface area contributed by atoms with Crippen molar-refractivity contribution < 1.29 is 31.1 Å². The predicted octanol–water partition coefficient (Wildman–Crippen LogP) is 8.74. The Morgan fingerprint density at radius 2 is 1.65 bits per heavy atom. The van der Waals surface area contributed by atoms with Crippen molar-refractivity contribution in [2.45, 2.75) is 32.7 Å². The topological polar surface area (TPSA) is 53.1 Å². The molecule has 0 amide bonds. The van der Waals surface area contributed by atoms with E-state index in [1.165, 1.54) is 18.2 Å². The third-order valence-corrected chi connectivity index (χ3v) is 7.06. The Kier molecular flexibility index (Phi) is 7.43. The van der Waals surface area contributed by atoms with Gasteiger partial charge in [-0.15, -0.1) is 0 Å². The molecule has 0 unspecified atom stereocenters. The molecule has 0 radical (unpaired) electrons. The fraction of sp³-hybridized carbons (Fsp3) is 0.152. The summed E-state index contributed by atoms with van der Waals surface area (Å²) in [5, 5.41) is 0. The maximum absolute atomic E-state index is 14.2. The lowest BCUT2D eigenvalue weighted by molar-refractivity contribution is -0.153. The van der Waals surface area contributed by atoms with Crippen molar-refractivity contribution in [3.8, 4) is 39.7 Å². The molecular formula is C33H24F5N3O2. The van der Waals surface area contributed by atoms with Crippen molar-refractivity contribution in [2.75, 3.05) is 0 Å². The number of benzene rings is 3. The number of aromatic nitrogens is 3. The van der Waals surface area contributed by atoms with Crippen LogP contribution in [0.25, 0.3) is 33.9 Å². The molecule has 3 aromatic carbocycles. The van der Waals surface area contributed by atoms with Gasteiger partial charge >= 0.3 is 6.18 Å². The van der Waals surface area contributed by atoms with Crippen molar-refractivity contribution in [3.63, 3.8) is 0 Å². The van der Waals surface area contributed by atoms with Crippen LogP contribution in [0.2, 0.25) is 0 Å². The first-order valence-corrected chi connectivity index (χ1v) is 13.4. The number of imidazole rings is 1. The zero-order valence-electron chi connectivity index (χ0n) is 22.8. The van der Waals surface area contributed by atoms with Crippen molar-refractivity contribution in [3.05, 3.63) is 126 Å². The molecule has 0 saturated carbocycles. The first-order chi connectivity index (χ1) is 20.6. The Bertz CT molecular complexity index is 1860.